The molecule has 0 aliphatic heterocycles. The van der Waals surface area contributed by atoms with E-state index in [0.717, 1.165) is 32.2 Å². The van der Waals surface area contributed by atoms with E-state index in [1.54, 1.807) is 0 Å². The largest absolute Gasteiger partial charge is 0.481 e. The second-order valence-electron chi connectivity index (χ2n) is 6.57. The van der Waals surface area contributed by atoms with Gasteiger partial charge in [0.2, 0.25) is 0 Å². The lowest BCUT2D eigenvalue weighted by Gasteiger charge is -2.44. The predicted molar refractivity (Wildman–Crippen MR) is 85.5 cm³/mol. The minimum absolute atomic E-state index is 0.166. The first-order valence-corrected chi connectivity index (χ1v) is 7.93. The molecule has 1 aliphatic carbocycles. The highest BCUT2D eigenvalue weighted by Gasteiger charge is 2.38. The molecule has 1 aromatic carbocycles. The summed E-state index contributed by atoms with van der Waals surface area (Å²) in [6.45, 7) is 5.12. The zero-order valence-electron chi connectivity index (χ0n) is 13.5. The van der Waals surface area contributed by atoms with Crippen LogP contribution in [0, 0.1) is 13.8 Å². The summed E-state index contributed by atoms with van der Waals surface area (Å²) in [6, 6.07) is 6.39. The van der Waals surface area contributed by atoms with Gasteiger partial charge in [-0.05, 0) is 50.4 Å². The Morgan fingerprint density at radius 3 is 2.52 bits per heavy atom. The van der Waals surface area contributed by atoms with E-state index >= 15 is 0 Å². The number of hydrogen-bond acceptors (Lipinski definition) is 2. The summed E-state index contributed by atoms with van der Waals surface area (Å²) in [7, 11) is 2.09. The third kappa shape index (κ3) is 3.65. The third-order valence-corrected chi connectivity index (χ3v) is 5.20. The van der Waals surface area contributed by atoms with E-state index in [4.69, 9.17) is 0 Å². The molecule has 0 radical (unpaired) electrons. The van der Waals surface area contributed by atoms with Crippen LogP contribution in [0.25, 0.3) is 0 Å². The molecule has 0 bridgehead atoms. The van der Waals surface area contributed by atoms with Gasteiger partial charge in [0.25, 0.3) is 0 Å². The van der Waals surface area contributed by atoms with Crippen molar-refractivity contribution in [2.75, 3.05) is 7.05 Å². The van der Waals surface area contributed by atoms with Crippen molar-refractivity contribution in [3.8, 4) is 0 Å². The van der Waals surface area contributed by atoms with Gasteiger partial charge < -0.3 is 5.11 Å². The molecule has 0 atom stereocenters. The normalized spacial score (nSPS) is 17.9. The standard InChI is InChI=1S/C18H27NO2/c1-14-8-7-9-16(15(14)2)13-19(3)18(12-17(20)21)10-5-4-6-11-18/h7-9H,4-6,10-13H2,1-3H3,(H,20,21). The van der Waals surface area contributed by atoms with E-state index in [9.17, 15) is 9.90 Å². The Bertz CT molecular complexity index is 504. The molecule has 116 valence electrons. The van der Waals surface area contributed by atoms with Crippen molar-refractivity contribution in [3.63, 3.8) is 0 Å². The highest BCUT2D eigenvalue weighted by Crippen LogP contribution is 2.37. The van der Waals surface area contributed by atoms with Crippen LogP contribution in [0.2, 0.25) is 0 Å². The van der Waals surface area contributed by atoms with Crippen LogP contribution < -0.4 is 0 Å². The van der Waals surface area contributed by atoms with Crippen molar-refractivity contribution in [2.45, 2.75) is 64.5 Å². The van der Waals surface area contributed by atoms with Crippen molar-refractivity contribution >= 4 is 5.97 Å². The summed E-state index contributed by atoms with van der Waals surface area (Å²) in [6.07, 6.45) is 5.78. The van der Waals surface area contributed by atoms with E-state index in [0.29, 0.717) is 0 Å². The Kier molecular flexibility index (Phi) is 5.04. The van der Waals surface area contributed by atoms with Crippen LogP contribution in [-0.4, -0.2) is 28.6 Å². The van der Waals surface area contributed by atoms with Gasteiger partial charge in [-0.3, -0.25) is 9.69 Å². The van der Waals surface area contributed by atoms with Crippen LogP contribution in [-0.2, 0) is 11.3 Å². The highest BCUT2D eigenvalue weighted by atomic mass is 16.4. The molecule has 1 fully saturated rings. The molecule has 0 amide bonds. The van der Waals surface area contributed by atoms with Gasteiger partial charge in [-0.15, -0.1) is 0 Å². The van der Waals surface area contributed by atoms with Gasteiger partial charge in [-0.25, -0.2) is 0 Å². The molecule has 2 rings (SSSR count). The molecule has 3 heteroatoms. The first-order chi connectivity index (χ1) is 9.94. The van der Waals surface area contributed by atoms with Gasteiger partial charge in [0, 0.05) is 12.1 Å². The van der Waals surface area contributed by atoms with Crippen LogP contribution in [0.3, 0.4) is 0 Å². The van der Waals surface area contributed by atoms with Crippen molar-refractivity contribution in [2.24, 2.45) is 0 Å². The maximum absolute atomic E-state index is 11.3. The summed E-state index contributed by atoms with van der Waals surface area (Å²) in [4.78, 5) is 13.6. The molecular weight excluding hydrogens is 262 g/mol. The summed E-state index contributed by atoms with van der Waals surface area (Å²) >= 11 is 0. The van der Waals surface area contributed by atoms with Gasteiger partial charge in [-0.1, -0.05) is 37.5 Å². The van der Waals surface area contributed by atoms with Crippen molar-refractivity contribution in [1.82, 2.24) is 4.90 Å². The number of carboxylic acid groups (broad SMARTS) is 1. The zero-order chi connectivity index (χ0) is 15.5. The fourth-order valence-electron chi connectivity index (χ4n) is 3.59. The topological polar surface area (TPSA) is 40.5 Å². The van der Waals surface area contributed by atoms with Crippen LogP contribution in [0.5, 0.6) is 0 Å². The molecule has 1 N–H and O–H groups in total. The summed E-state index contributed by atoms with van der Waals surface area (Å²) < 4.78 is 0. The van der Waals surface area contributed by atoms with Gasteiger partial charge in [-0.2, -0.15) is 0 Å². The second kappa shape index (κ2) is 6.61. The number of rotatable bonds is 5. The zero-order valence-corrected chi connectivity index (χ0v) is 13.5. The fourth-order valence-corrected chi connectivity index (χ4v) is 3.59. The number of aliphatic carboxylic acids is 1. The molecular formula is C18H27NO2. The number of carbonyl (C=O) groups is 1. The number of hydrogen-bond donors (Lipinski definition) is 1. The molecule has 3 nitrogen and oxygen atoms in total. The lowest BCUT2D eigenvalue weighted by molar-refractivity contribution is -0.141. The van der Waals surface area contributed by atoms with Gasteiger partial charge in [0.05, 0.1) is 6.42 Å². The number of carboxylic acids is 1. The van der Waals surface area contributed by atoms with E-state index in [1.807, 2.05) is 0 Å². The molecule has 0 saturated heterocycles. The number of benzene rings is 1. The molecule has 0 heterocycles. The Morgan fingerprint density at radius 1 is 1.24 bits per heavy atom. The van der Waals surface area contributed by atoms with Gasteiger partial charge >= 0.3 is 5.97 Å². The van der Waals surface area contributed by atoms with Crippen LogP contribution in [0.4, 0.5) is 0 Å². The van der Waals surface area contributed by atoms with Crippen LogP contribution in [0.15, 0.2) is 18.2 Å². The molecule has 1 aromatic rings. The van der Waals surface area contributed by atoms with E-state index < -0.39 is 5.97 Å². The lowest BCUT2D eigenvalue weighted by atomic mass is 9.78. The average Bonchev–Trinajstić information content (AvgIpc) is 2.44. The summed E-state index contributed by atoms with van der Waals surface area (Å²) in [5.74, 6) is -0.676. The smallest absolute Gasteiger partial charge is 0.305 e. The minimum atomic E-state index is -0.676. The average molecular weight is 289 g/mol. The van der Waals surface area contributed by atoms with Crippen LogP contribution >= 0.6 is 0 Å². The molecule has 0 aromatic heterocycles. The first kappa shape index (κ1) is 16.0. The second-order valence-corrected chi connectivity index (χ2v) is 6.57. The Hall–Kier alpha value is -1.35. The summed E-state index contributed by atoms with van der Waals surface area (Å²) in [5, 5.41) is 9.32. The van der Waals surface area contributed by atoms with E-state index in [1.165, 1.54) is 23.1 Å². The number of nitrogens with zero attached hydrogens (tertiary/aromatic N) is 1. The molecule has 0 unspecified atom stereocenters. The molecule has 21 heavy (non-hydrogen) atoms. The fraction of sp³-hybridized carbons (Fsp3) is 0.611. The maximum atomic E-state index is 11.3. The molecule has 1 saturated carbocycles. The third-order valence-electron chi connectivity index (χ3n) is 5.20. The maximum Gasteiger partial charge on any atom is 0.305 e. The Balaban J connectivity index is 2.20. The van der Waals surface area contributed by atoms with Crippen molar-refractivity contribution < 1.29 is 9.90 Å². The first-order valence-electron chi connectivity index (χ1n) is 7.93. The Labute approximate surface area is 128 Å². The number of aryl methyl sites for hydroxylation is 1. The van der Waals surface area contributed by atoms with Crippen LogP contribution in [0.1, 0.15) is 55.2 Å². The minimum Gasteiger partial charge on any atom is -0.481 e. The van der Waals surface area contributed by atoms with E-state index in [2.05, 4.69) is 44.0 Å². The highest BCUT2D eigenvalue weighted by molar-refractivity contribution is 5.68. The van der Waals surface area contributed by atoms with Gasteiger partial charge in [0.15, 0.2) is 0 Å². The SMILES string of the molecule is Cc1cccc(CN(C)C2(CC(=O)O)CCCCC2)c1C. The van der Waals surface area contributed by atoms with Crippen molar-refractivity contribution in [1.29, 1.82) is 0 Å². The Morgan fingerprint density at radius 2 is 1.90 bits per heavy atom. The predicted octanol–water partition coefficient (Wildman–Crippen LogP) is 3.91. The van der Waals surface area contributed by atoms with Crippen molar-refractivity contribution in [3.05, 3.63) is 34.9 Å². The summed E-state index contributed by atoms with van der Waals surface area (Å²) in [5.41, 5.74) is 3.77. The van der Waals surface area contributed by atoms with Gasteiger partial charge in [0.1, 0.15) is 0 Å². The monoisotopic (exact) mass is 289 g/mol. The lowest BCUT2D eigenvalue weighted by Crippen LogP contribution is -2.49. The quantitative estimate of drug-likeness (QED) is 0.893. The molecule has 0 spiro atoms. The van der Waals surface area contributed by atoms with E-state index in [-0.39, 0.29) is 12.0 Å². The molecule has 1 aliphatic rings.